The van der Waals surface area contributed by atoms with E-state index in [4.69, 9.17) is 4.74 Å². The summed E-state index contributed by atoms with van der Waals surface area (Å²) < 4.78 is 5.29. The van der Waals surface area contributed by atoms with E-state index in [0.29, 0.717) is 6.04 Å². The molecule has 0 unspecified atom stereocenters. The number of rotatable bonds is 10. The molecule has 0 aliphatic heterocycles. The van der Waals surface area contributed by atoms with Crippen molar-refractivity contribution in [1.82, 2.24) is 10.2 Å². The molecule has 0 aromatic rings. The first-order valence-electron chi connectivity index (χ1n) is 6.76. The van der Waals surface area contributed by atoms with E-state index in [1.807, 2.05) is 6.92 Å². The molecule has 16 heavy (non-hydrogen) atoms. The summed E-state index contributed by atoms with van der Waals surface area (Å²) in [6, 6.07) is 0.675. The third-order valence-corrected chi connectivity index (χ3v) is 3.12. The fourth-order valence-electron chi connectivity index (χ4n) is 1.83. The summed E-state index contributed by atoms with van der Waals surface area (Å²) in [7, 11) is 0. The topological polar surface area (TPSA) is 24.5 Å². The third kappa shape index (κ3) is 6.46. The van der Waals surface area contributed by atoms with Crippen LogP contribution in [0.4, 0.5) is 0 Å². The Morgan fingerprint density at radius 1 is 1.31 bits per heavy atom. The zero-order valence-electron chi connectivity index (χ0n) is 11.2. The van der Waals surface area contributed by atoms with Gasteiger partial charge < -0.3 is 10.1 Å². The Balaban J connectivity index is 1.98. The predicted molar refractivity (Wildman–Crippen MR) is 68.8 cm³/mol. The van der Waals surface area contributed by atoms with Gasteiger partial charge in [0.1, 0.15) is 0 Å². The van der Waals surface area contributed by atoms with Gasteiger partial charge in [-0.3, -0.25) is 4.90 Å². The number of nitrogens with one attached hydrogen (secondary N) is 1. The second-order valence-electron chi connectivity index (χ2n) is 4.98. The van der Waals surface area contributed by atoms with Gasteiger partial charge in [0.2, 0.25) is 0 Å². The Morgan fingerprint density at radius 2 is 2.06 bits per heavy atom. The van der Waals surface area contributed by atoms with Gasteiger partial charge in [0.05, 0.1) is 6.61 Å². The molecule has 0 atom stereocenters. The lowest BCUT2D eigenvalue weighted by Gasteiger charge is -2.26. The van der Waals surface area contributed by atoms with Gasteiger partial charge in [-0.1, -0.05) is 0 Å². The maximum atomic E-state index is 5.29. The minimum atomic E-state index is 0.675. The molecular weight excluding hydrogens is 200 g/mol. The molecule has 0 saturated heterocycles. The molecule has 0 amide bonds. The zero-order chi connectivity index (χ0) is 11.8. The lowest BCUT2D eigenvalue weighted by atomic mass is 10.2. The van der Waals surface area contributed by atoms with Gasteiger partial charge in [-0.05, 0) is 39.5 Å². The zero-order valence-corrected chi connectivity index (χ0v) is 11.2. The van der Waals surface area contributed by atoms with Crippen LogP contribution in [-0.4, -0.2) is 50.3 Å². The van der Waals surface area contributed by atoms with Crippen LogP contribution in [-0.2, 0) is 4.74 Å². The third-order valence-electron chi connectivity index (χ3n) is 3.12. The molecule has 3 heteroatoms. The van der Waals surface area contributed by atoms with E-state index in [9.17, 15) is 0 Å². The summed E-state index contributed by atoms with van der Waals surface area (Å²) in [5.41, 5.74) is 0. The molecule has 96 valence electrons. The summed E-state index contributed by atoms with van der Waals surface area (Å²) in [6.07, 6.45) is 2.89. The molecular formula is C13H28N2O. The fraction of sp³-hybridized carbons (Fsp3) is 1.00. The summed E-state index contributed by atoms with van der Waals surface area (Å²) in [5.74, 6) is 0.992. The standard InChI is InChI=1S/C13H28N2O/c1-4-16-10-8-14-7-9-15(12(2)3)11-13-5-6-13/h12-14H,4-11H2,1-3H3. The SMILES string of the molecule is CCOCCNCCN(CC1CC1)C(C)C. The highest BCUT2D eigenvalue weighted by molar-refractivity contribution is 4.78. The number of ether oxygens (including phenoxy) is 1. The van der Waals surface area contributed by atoms with E-state index in [-0.39, 0.29) is 0 Å². The van der Waals surface area contributed by atoms with E-state index >= 15 is 0 Å². The molecule has 0 aromatic carbocycles. The molecule has 0 bridgehead atoms. The minimum absolute atomic E-state index is 0.675. The van der Waals surface area contributed by atoms with Crippen LogP contribution in [0.25, 0.3) is 0 Å². The van der Waals surface area contributed by atoms with Crippen molar-refractivity contribution in [3.05, 3.63) is 0 Å². The molecule has 0 spiro atoms. The van der Waals surface area contributed by atoms with Gasteiger partial charge in [0.15, 0.2) is 0 Å². The molecule has 1 aliphatic carbocycles. The highest BCUT2D eigenvalue weighted by Gasteiger charge is 2.24. The Morgan fingerprint density at radius 3 is 2.62 bits per heavy atom. The van der Waals surface area contributed by atoms with Crippen molar-refractivity contribution < 1.29 is 4.74 Å². The highest BCUT2D eigenvalue weighted by Crippen LogP contribution is 2.30. The Labute approximate surface area is 101 Å². The van der Waals surface area contributed by atoms with Crippen LogP contribution in [0.5, 0.6) is 0 Å². The number of hydrogen-bond acceptors (Lipinski definition) is 3. The largest absolute Gasteiger partial charge is 0.380 e. The van der Waals surface area contributed by atoms with Gasteiger partial charge in [-0.15, -0.1) is 0 Å². The molecule has 1 rings (SSSR count). The maximum Gasteiger partial charge on any atom is 0.0590 e. The first-order valence-corrected chi connectivity index (χ1v) is 6.76. The van der Waals surface area contributed by atoms with Crippen molar-refractivity contribution >= 4 is 0 Å². The molecule has 0 radical (unpaired) electrons. The molecule has 1 aliphatic rings. The summed E-state index contributed by atoms with van der Waals surface area (Å²) >= 11 is 0. The van der Waals surface area contributed by atoms with E-state index < -0.39 is 0 Å². The summed E-state index contributed by atoms with van der Waals surface area (Å²) in [5, 5.41) is 3.43. The minimum Gasteiger partial charge on any atom is -0.380 e. The summed E-state index contributed by atoms with van der Waals surface area (Å²) in [6.45, 7) is 12.8. The summed E-state index contributed by atoms with van der Waals surface area (Å²) in [4.78, 5) is 2.59. The van der Waals surface area contributed by atoms with E-state index in [0.717, 1.165) is 32.2 Å². The van der Waals surface area contributed by atoms with Gasteiger partial charge in [-0.25, -0.2) is 0 Å². The van der Waals surface area contributed by atoms with Crippen molar-refractivity contribution in [3.63, 3.8) is 0 Å². The molecule has 1 fully saturated rings. The number of hydrogen-bond donors (Lipinski definition) is 1. The van der Waals surface area contributed by atoms with Crippen molar-refractivity contribution in [1.29, 1.82) is 0 Å². The molecule has 1 N–H and O–H groups in total. The van der Waals surface area contributed by atoms with E-state index in [1.54, 1.807) is 0 Å². The lowest BCUT2D eigenvalue weighted by molar-refractivity contribution is 0.147. The Bertz CT molecular complexity index is 169. The van der Waals surface area contributed by atoms with Crippen LogP contribution in [0.15, 0.2) is 0 Å². The molecule has 0 heterocycles. The molecule has 0 aromatic heterocycles. The Hall–Kier alpha value is -0.120. The smallest absolute Gasteiger partial charge is 0.0590 e. The first kappa shape index (κ1) is 13.9. The first-order chi connectivity index (χ1) is 7.74. The van der Waals surface area contributed by atoms with Crippen LogP contribution in [0, 0.1) is 5.92 Å². The van der Waals surface area contributed by atoms with E-state index in [1.165, 1.54) is 25.9 Å². The Kier molecular flexibility index (Phi) is 7.01. The maximum absolute atomic E-state index is 5.29. The van der Waals surface area contributed by atoms with Crippen LogP contribution >= 0.6 is 0 Å². The van der Waals surface area contributed by atoms with Gasteiger partial charge >= 0.3 is 0 Å². The van der Waals surface area contributed by atoms with E-state index in [2.05, 4.69) is 24.1 Å². The molecule has 3 nitrogen and oxygen atoms in total. The molecule has 1 saturated carbocycles. The monoisotopic (exact) mass is 228 g/mol. The predicted octanol–water partition coefficient (Wildman–Crippen LogP) is 1.73. The van der Waals surface area contributed by atoms with Crippen molar-refractivity contribution in [2.75, 3.05) is 39.4 Å². The van der Waals surface area contributed by atoms with Crippen LogP contribution in [0.3, 0.4) is 0 Å². The number of nitrogens with zero attached hydrogens (tertiary/aromatic N) is 1. The van der Waals surface area contributed by atoms with Crippen LogP contribution in [0.2, 0.25) is 0 Å². The second kappa shape index (κ2) is 8.04. The van der Waals surface area contributed by atoms with Crippen LogP contribution < -0.4 is 5.32 Å². The lowest BCUT2D eigenvalue weighted by Crippen LogP contribution is -2.38. The second-order valence-corrected chi connectivity index (χ2v) is 4.98. The average Bonchev–Trinajstić information content (AvgIpc) is 3.05. The van der Waals surface area contributed by atoms with Crippen molar-refractivity contribution in [2.24, 2.45) is 5.92 Å². The van der Waals surface area contributed by atoms with Gasteiger partial charge in [0.25, 0.3) is 0 Å². The quantitative estimate of drug-likeness (QED) is 0.576. The average molecular weight is 228 g/mol. The highest BCUT2D eigenvalue weighted by atomic mass is 16.5. The normalized spacial score (nSPS) is 16.3. The van der Waals surface area contributed by atoms with Gasteiger partial charge in [0, 0.05) is 38.8 Å². The van der Waals surface area contributed by atoms with Crippen molar-refractivity contribution in [3.8, 4) is 0 Å². The van der Waals surface area contributed by atoms with Crippen molar-refractivity contribution in [2.45, 2.75) is 39.7 Å². The fourth-order valence-corrected chi connectivity index (χ4v) is 1.83. The van der Waals surface area contributed by atoms with Crippen LogP contribution in [0.1, 0.15) is 33.6 Å². The van der Waals surface area contributed by atoms with Gasteiger partial charge in [-0.2, -0.15) is 0 Å².